The summed E-state index contributed by atoms with van der Waals surface area (Å²) in [6.45, 7) is 3.24. The lowest BCUT2D eigenvalue weighted by Gasteiger charge is -2.38. The molecule has 0 fully saturated rings. The maximum atomic E-state index is 14.8. The largest absolute Gasteiger partial charge is 0.496 e. The van der Waals surface area contributed by atoms with Gasteiger partial charge >= 0.3 is 0 Å². The number of carbonyl (C=O) groups is 4. The van der Waals surface area contributed by atoms with Crippen molar-refractivity contribution in [3.63, 3.8) is 0 Å². The number of Topliss-reactive ketones (excluding diaryl/α,β-unsaturated/α-hetero) is 1. The van der Waals surface area contributed by atoms with Gasteiger partial charge in [0.25, 0.3) is 5.91 Å². The average molecular weight is 708 g/mol. The first-order valence-electron chi connectivity index (χ1n) is 14.6. The summed E-state index contributed by atoms with van der Waals surface area (Å²) in [6.07, 6.45) is 0.209. The number of amides is 3. The third kappa shape index (κ3) is 6.12. The van der Waals surface area contributed by atoms with E-state index in [1.807, 2.05) is 30.3 Å². The Morgan fingerprint density at radius 2 is 1.65 bits per heavy atom. The fraction of sp³-hybridized carbons (Fsp3) is 0.257. The first-order chi connectivity index (χ1) is 21.6. The number of nitrogens with one attached hydrogen (secondary N) is 1. The molecule has 0 saturated carbocycles. The second-order valence-corrected chi connectivity index (χ2v) is 12.0. The van der Waals surface area contributed by atoms with Crippen molar-refractivity contribution in [2.45, 2.75) is 32.4 Å². The van der Waals surface area contributed by atoms with Crippen LogP contribution >= 0.6 is 28.3 Å². The smallest absolute Gasteiger partial charge is 0.258 e. The van der Waals surface area contributed by atoms with Crippen LogP contribution in [-0.2, 0) is 16.1 Å². The van der Waals surface area contributed by atoms with Gasteiger partial charge in [-0.15, -0.1) is 12.4 Å². The number of fused-ring (bicyclic) bond motifs is 2. The number of hydrogen-bond acceptors (Lipinski definition) is 6. The molecule has 0 aromatic heterocycles. The maximum absolute atomic E-state index is 14.8. The molecule has 0 aliphatic carbocycles. The third-order valence-corrected chi connectivity index (χ3v) is 9.29. The minimum Gasteiger partial charge on any atom is -0.496 e. The van der Waals surface area contributed by atoms with Crippen LogP contribution in [0.5, 0.6) is 5.75 Å². The molecule has 1 unspecified atom stereocenters. The number of halogens is 2. The van der Waals surface area contributed by atoms with Crippen molar-refractivity contribution in [3.8, 4) is 5.75 Å². The van der Waals surface area contributed by atoms with Crippen LogP contribution in [0, 0.1) is 5.92 Å². The summed E-state index contributed by atoms with van der Waals surface area (Å²) in [7, 11) is 3.18. The second kappa shape index (κ2) is 14.0. The Morgan fingerprint density at radius 3 is 2.24 bits per heavy atom. The lowest BCUT2D eigenvalue weighted by atomic mass is 9.79. The van der Waals surface area contributed by atoms with Gasteiger partial charge in [-0.1, -0.05) is 59.3 Å². The van der Waals surface area contributed by atoms with Gasteiger partial charge in [-0.25, -0.2) is 0 Å². The lowest BCUT2D eigenvalue weighted by Crippen LogP contribution is -2.64. The monoisotopic (exact) mass is 706 g/mol. The molecule has 4 aromatic rings. The van der Waals surface area contributed by atoms with Crippen molar-refractivity contribution in [2.75, 3.05) is 30.5 Å². The van der Waals surface area contributed by atoms with Crippen LogP contribution in [-0.4, -0.2) is 49.7 Å². The van der Waals surface area contributed by atoms with Gasteiger partial charge in [-0.2, -0.15) is 0 Å². The van der Waals surface area contributed by atoms with Crippen LogP contribution in [0.2, 0.25) is 0 Å². The molecule has 0 saturated heterocycles. The third-order valence-electron chi connectivity index (χ3n) is 8.80. The summed E-state index contributed by atoms with van der Waals surface area (Å²) < 4.78 is 6.69. The first kappa shape index (κ1) is 34.6. The number of anilines is 2. The molecule has 240 valence electrons. The van der Waals surface area contributed by atoms with E-state index in [2.05, 4.69) is 21.2 Å². The maximum Gasteiger partial charge on any atom is 0.258 e. The highest BCUT2D eigenvalue weighted by atomic mass is 79.9. The number of benzene rings is 4. The number of carbonyl (C=O) groups excluding carboxylic acids is 4. The topological polar surface area (TPSA) is 122 Å². The predicted octanol–water partition coefficient (Wildman–Crippen LogP) is 5.90. The highest BCUT2D eigenvalue weighted by Gasteiger charge is 2.50. The van der Waals surface area contributed by atoms with Gasteiger partial charge in [0.15, 0.2) is 5.78 Å². The number of likely N-dealkylation sites (N-methyl/N-ethyl adjacent to an activating group) is 1. The van der Waals surface area contributed by atoms with Crippen molar-refractivity contribution in [1.29, 1.82) is 0 Å². The van der Waals surface area contributed by atoms with E-state index < -0.39 is 17.4 Å². The number of para-hydroxylation sites is 2. The van der Waals surface area contributed by atoms with Crippen molar-refractivity contribution in [1.82, 2.24) is 5.32 Å². The zero-order valence-electron chi connectivity index (χ0n) is 26.0. The fourth-order valence-corrected chi connectivity index (χ4v) is 6.61. The SMILES string of the molecule is CCC(NC)(C(N)=O)[C@@H]1CN(C(=O)c2ccc(C(C)=O)cc2)c2ccccc2N(Cc2c(OC)ccc3cc(Br)ccc23)C1=O.Cl. The molecule has 0 radical (unpaired) electrons. The van der Waals surface area contributed by atoms with Crippen molar-refractivity contribution in [3.05, 3.63) is 100 Å². The Kier molecular flexibility index (Phi) is 10.6. The normalized spacial score (nSPS) is 15.8. The van der Waals surface area contributed by atoms with Crippen molar-refractivity contribution < 1.29 is 23.9 Å². The number of rotatable bonds is 9. The molecule has 2 atom stereocenters. The van der Waals surface area contributed by atoms with Crippen LogP contribution in [0.1, 0.15) is 46.5 Å². The van der Waals surface area contributed by atoms with E-state index in [0.29, 0.717) is 28.3 Å². The van der Waals surface area contributed by atoms with Gasteiger partial charge in [0, 0.05) is 27.7 Å². The molecule has 4 aromatic carbocycles. The standard InChI is InChI=1S/C35H35BrN4O5.ClH/c1-5-35(38-3,34(37)44)28-20-40(32(42)23-12-10-22(11-13-23)21(2)41)30-9-7-6-8-29(30)39(33(28)43)19-27-26-16-15-25(36)18-24(26)14-17-31(27)45-4;/h6-18,28,38H,5,19-20H2,1-4H3,(H2,37,44);1H/t28-,35?;/m1./s1. The molecule has 9 nitrogen and oxygen atoms in total. The summed E-state index contributed by atoms with van der Waals surface area (Å²) in [4.78, 5) is 57.3. The van der Waals surface area contributed by atoms with Crippen LogP contribution in [0.25, 0.3) is 10.8 Å². The van der Waals surface area contributed by atoms with E-state index in [9.17, 15) is 19.2 Å². The van der Waals surface area contributed by atoms with Crippen molar-refractivity contribution >= 4 is 74.0 Å². The molecule has 3 amide bonds. The number of ketones is 1. The van der Waals surface area contributed by atoms with Gasteiger partial charge < -0.3 is 25.6 Å². The summed E-state index contributed by atoms with van der Waals surface area (Å²) >= 11 is 3.54. The number of primary amides is 1. The second-order valence-electron chi connectivity index (χ2n) is 11.1. The number of ether oxygens (including phenoxy) is 1. The molecule has 46 heavy (non-hydrogen) atoms. The highest BCUT2D eigenvalue weighted by molar-refractivity contribution is 9.10. The van der Waals surface area contributed by atoms with Gasteiger partial charge in [-0.3, -0.25) is 19.2 Å². The van der Waals surface area contributed by atoms with Crippen LogP contribution in [0.4, 0.5) is 11.4 Å². The number of methoxy groups -OCH3 is 1. The molecular weight excluding hydrogens is 672 g/mol. The van der Waals surface area contributed by atoms with E-state index in [-0.39, 0.29) is 49.5 Å². The summed E-state index contributed by atoms with van der Waals surface area (Å²) in [5, 5.41) is 4.90. The van der Waals surface area contributed by atoms with E-state index in [4.69, 9.17) is 10.5 Å². The molecule has 1 aliphatic heterocycles. The first-order valence-corrected chi connectivity index (χ1v) is 15.4. The Labute approximate surface area is 282 Å². The number of hydrogen-bond donors (Lipinski definition) is 2. The van der Waals surface area contributed by atoms with Gasteiger partial charge in [0.05, 0.1) is 30.9 Å². The van der Waals surface area contributed by atoms with E-state index >= 15 is 0 Å². The Hall–Kier alpha value is -4.25. The Balaban J connectivity index is 0.00000480. The quantitative estimate of drug-likeness (QED) is 0.209. The van der Waals surface area contributed by atoms with Gasteiger partial charge in [0.1, 0.15) is 11.3 Å². The minimum atomic E-state index is -1.46. The summed E-state index contributed by atoms with van der Waals surface area (Å²) in [5.41, 5.74) is 7.15. The van der Waals surface area contributed by atoms with E-state index in [1.54, 1.807) is 74.5 Å². The van der Waals surface area contributed by atoms with Crippen molar-refractivity contribution in [2.24, 2.45) is 11.7 Å². The molecule has 1 heterocycles. The van der Waals surface area contributed by atoms with Gasteiger partial charge in [-0.05, 0) is 73.6 Å². The minimum absolute atomic E-state index is 0. The molecule has 5 rings (SSSR count). The molecular formula is C35H36BrClN4O5. The zero-order valence-corrected chi connectivity index (χ0v) is 28.4. The van der Waals surface area contributed by atoms with Crippen LogP contribution in [0.3, 0.4) is 0 Å². The summed E-state index contributed by atoms with van der Waals surface area (Å²) in [5.74, 6) is -2.00. The number of nitrogens with zero attached hydrogens (tertiary/aromatic N) is 2. The fourth-order valence-electron chi connectivity index (χ4n) is 6.24. The average Bonchev–Trinajstić information content (AvgIpc) is 3.16. The molecule has 3 N–H and O–H groups in total. The lowest BCUT2D eigenvalue weighted by molar-refractivity contribution is -0.134. The molecule has 1 aliphatic rings. The zero-order chi connectivity index (χ0) is 32.5. The number of nitrogens with two attached hydrogens (primary N) is 1. The van der Waals surface area contributed by atoms with E-state index in [1.165, 1.54) is 11.8 Å². The van der Waals surface area contributed by atoms with E-state index in [0.717, 1.165) is 20.8 Å². The molecule has 11 heteroatoms. The van der Waals surface area contributed by atoms with Crippen LogP contribution in [0.15, 0.2) is 83.3 Å². The molecule has 0 spiro atoms. The van der Waals surface area contributed by atoms with Crippen LogP contribution < -0.4 is 25.6 Å². The Morgan fingerprint density at radius 1 is 1.00 bits per heavy atom. The molecule has 0 bridgehead atoms. The predicted molar refractivity (Wildman–Crippen MR) is 186 cm³/mol. The van der Waals surface area contributed by atoms with Gasteiger partial charge in [0.2, 0.25) is 11.8 Å². The Bertz CT molecular complexity index is 1810. The highest BCUT2D eigenvalue weighted by Crippen LogP contribution is 2.41. The summed E-state index contributed by atoms with van der Waals surface area (Å²) in [6, 6.07) is 23.3.